The predicted molar refractivity (Wildman–Crippen MR) is 33.7 cm³/mol. The maximum Gasteiger partial charge on any atom is -0.0134 e. The molecular formula is C5H11Si. The molecule has 0 heterocycles. The summed E-state index contributed by atoms with van der Waals surface area (Å²) in [7, 11) is 0.590. The van der Waals surface area contributed by atoms with Crippen molar-refractivity contribution >= 4 is 14.8 Å². The van der Waals surface area contributed by atoms with Gasteiger partial charge in [0.1, 0.15) is 0 Å². The summed E-state index contributed by atoms with van der Waals surface area (Å²) in [4.78, 5) is 0. The van der Waals surface area contributed by atoms with Crippen molar-refractivity contribution in [2.75, 3.05) is 0 Å². The molecule has 0 saturated carbocycles. The smallest absolute Gasteiger partial charge is 0.0134 e. The summed E-state index contributed by atoms with van der Waals surface area (Å²) in [6.45, 7) is 6.50. The molecular weight excluding hydrogens is 88.1 g/mol. The summed E-state index contributed by atoms with van der Waals surface area (Å²) < 4.78 is 0. The molecule has 0 aliphatic carbocycles. The average molecular weight is 99.2 g/mol. The van der Waals surface area contributed by atoms with Crippen molar-refractivity contribution in [3.05, 3.63) is 5.92 Å². The second kappa shape index (κ2) is 3.28. The maximum atomic E-state index is 2.29. The molecule has 0 bridgehead atoms. The Morgan fingerprint density at radius 3 is 2.00 bits per heavy atom. The number of rotatable bonds is 1. The van der Waals surface area contributed by atoms with Crippen LogP contribution >= 0.6 is 0 Å². The summed E-state index contributed by atoms with van der Waals surface area (Å²) in [5, 5.41) is 0. The Morgan fingerprint density at radius 2 is 2.00 bits per heavy atom. The molecule has 0 aromatic rings. The Hall–Kier alpha value is 0.0869. The molecule has 0 fully saturated rings. The van der Waals surface area contributed by atoms with Crippen molar-refractivity contribution < 1.29 is 0 Å². The maximum absolute atomic E-state index is 2.29. The highest BCUT2D eigenvalue weighted by atomic mass is 28.2. The van der Waals surface area contributed by atoms with E-state index in [1.165, 1.54) is 5.92 Å². The normalized spacial score (nSPS) is 11.3. The van der Waals surface area contributed by atoms with E-state index in [2.05, 4.69) is 26.1 Å². The summed E-state index contributed by atoms with van der Waals surface area (Å²) in [6.07, 6.45) is 0. The average Bonchev–Trinajstić information content (AvgIpc) is 1.35. The van der Waals surface area contributed by atoms with E-state index in [4.69, 9.17) is 0 Å². The van der Waals surface area contributed by atoms with Gasteiger partial charge in [0, 0.05) is 0 Å². The fraction of sp³-hybridized carbons (Fsp3) is 0.600. The Morgan fingerprint density at radius 1 is 1.50 bits per heavy atom. The Kier molecular flexibility index (Phi) is 3.33. The minimum atomic E-state index is 0.590. The lowest BCUT2D eigenvalue weighted by Crippen LogP contribution is -1.85. The third-order valence-corrected chi connectivity index (χ3v) is 1.50. The van der Waals surface area contributed by atoms with Gasteiger partial charge in [0.2, 0.25) is 0 Å². The molecule has 0 spiro atoms. The molecule has 1 heteroatoms. The van der Waals surface area contributed by atoms with Crippen molar-refractivity contribution in [3.63, 3.8) is 0 Å². The molecule has 0 rings (SSSR count). The van der Waals surface area contributed by atoms with Crippen LogP contribution in [0.1, 0.15) is 13.8 Å². The van der Waals surface area contributed by atoms with E-state index in [-0.39, 0.29) is 0 Å². The second-order valence-electron chi connectivity index (χ2n) is 1.58. The Labute approximate surface area is 42.0 Å². The lowest BCUT2D eigenvalue weighted by Gasteiger charge is -1.86. The molecule has 0 atom stereocenters. The van der Waals surface area contributed by atoms with Gasteiger partial charge < -0.3 is 0 Å². The summed E-state index contributed by atoms with van der Waals surface area (Å²) in [6, 6.07) is 0. The molecule has 6 heavy (non-hydrogen) atoms. The van der Waals surface area contributed by atoms with Crippen LogP contribution in [0.25, 0.3) is 0 Å². The Bertz CT molecular complexity index is 45.9. The highest BCUT2D eigenvalue weighted by Gasteiger charge is 1.77. The third kappa shape index (κ3) is 4.09. The van der Waals surface area contributed by atoms with E-state index < -0.39 is 0 Å². The molecule has 0 aliphatic rings. The summed E-state index contributed by atoms with van der Waals surface area (Å²) in [5.74, 6) is 1.45. The van der Waals surface area contributed by atoms with Crippen LogP contribution in [-0.2, 0) is 0 Å². The first-order valence-electron chi connectivity index (χ1n) is 2.20. The molecule has 1 radical (unpaired) electrons. The van der Waals surface area contributed by atoms with E-state index >= 15 is 0 Å². The van der Waals surface area contributed by atoms with Gasteiger partial charge in [-0.05, 0) is 15.0 Å². The van der Waals surface area contributed by atoms with Crippen molar-refractivity contribution in [2.45, 2.75) is 20.4 Å². The number of hydrogen-bond acceptors (Lipinski definition) is 0. The predicted octanol–water partition coefficient (Wildman–Crippen LogP) is 0.887. The van der Waals surface area contributed by atoms with Gasteiger partial charge in [-0.1, -0.05) is 20.4 Å². The van der Waals surface area contributed by atoms with E-state index in [9.17, 15) is 0 Å². The fourth-order valence-corrected chi connectivity index (χ4v) is 1.00. The van der Waals surface area contributed by atoms with Crippen molar-refractivity contribution in [1.82, 2.24) is 0 Å². The van der Waals surface area contributed by atoms with Crippen LogP contribution in [0.5, 0.6) is 0 Å². The monoisotopic (exact) mass is 99.1 g/mol. The van der Waals surface area contributed by atoms with E-state index in [1.54, 1.807) is 0 Å². The largest absolute Gasteiger partial charge is 0.100 e. The van der Waals surface area contributed by atoms with Gasteiger partial charge in [-0.3, -0.25) is 0 Å². The summed E-state index contributed by atoms with van der Waals surface area (Å²) >= 11 is 0. The van der Waals surface area contributed by atoms with Crippen LogP contribution in [0.15, 0.2) is 0 Å². The molecule has 0 nitrogen and oxygen atoms in total. The molecule has 0 saturated heterocycles. The van der Waals surface area contributed by atoms with Gasteiger partial charge in [-0.25, -0.2) is 0 Å². The molecule has 35 valence electrons. The SMILES string of the molecule is C[SiH]=C[C](C)C. The van der Waals surface area contributed by atoms with Gasteiger partial charge in [-0.2, -0.15) is 0 Å². The van der Waals surface area contributed by atoms with E-state index in [1.807, 2.05) is 0 Å². The standard InChI is InChI=1S/C5H11Si/c1-5(2)4-6-3/h4,6H,1-3H3. The van der Waals surface area contributed by atoms with Crippen molar-refractivity contribution in [1.29, 1.82) is 0 Å². The van der Waals surface area contributed by atoms with Crippen molar-refractivity contribution in [3.8, 4) is 0 Å². The first-order chi connectivity index (χ1) is 2.77. The van der Waals surface area contributed by atoms with Crippen LogP contribution in [0.3, 0.4) is 0 Å². The van der Waals surface area contributed by atoms with Crippen LogP contribution < -0.4 is 0 Å². The lowest BCUT2D eigenvalue weighted by molar-refractivity contribution is 1.30. The van der Waals surface area contributed by atoms with Gasteiger partial charge in [-0.15, -0.1) is 5.67 Å². The molecule has 0 aliphatic heterocycles. The first kappa shape index (κ1) is 6.09. The summed E-state index contributed by atoms with van der Waals surface area (Å²) in [5.41, 5.74) is 2.29. The van der Waals surface area contributed by atoms with Gasteiger partial charge >= 0.3 is 0 Å². The molecule has 0 unspecified atom stereocenters. The second-order valence-corrected chi connectivity index (χ2v) is 2.58. The minimum absolute atomic E-state index is 0.590. The fourth-order valence-electron chi connectivity index (χ4n) is 0.333. The van der Waals surface area contributed by atoms with Crippen LogP contribution in [-0.4, -0.2) is 14.8 Å². The molecule has 0 aromatic heterocycles. The van der Waals surface area contributed by atoms with Crippen LogP contribution in [0.2, 0.25) is 6.55 Å². The minimum Gasteiger partial charge on any atom is -0.100 e. The topological polar surface area (TPSA) is 0 Å². The van der Waals surface area contributed by atoms with Crippen molar-refractivity contribution in [2.24, 2.45) is 0 Å². The third-order valence-electron chi connectivity index (χ3n) is 0.500. The quantitative estimate of drug-likeness (QED) is 0.428. The van der Waals surface area contributed by atoms with Gasteiger partial charge in [0.25, 0.3) is 0 Å². The zero-order chi connectivity index (χ0) is 4.99. The highest BCUT2D eigenvalue weighted by molar-refractivity contribution is 6.47. The van der Waals surface area contributed by atoms with Gasteiger partial charge in [0.05, 0.1) is 0 Å². The number of hydrogen-bond donors (Lipinski definition) is 0. The van der Waals surface area contributed by atoms with Gasteiger partial charge in [0.15, 0.2) is 0 Å². The zero-order valence-electron chi connectivity index (χ0n) is 4.65. The highest BCUT2D eigenvalue weighted by Crippen LogP contribution is 1.83. The zero-order valence-corrected chi connectivity index (χ0v) is 5.81. The van der Waals surface area contributed by atoms with E-state index in [0.29, 0.717) is 9.13 Å². The lowest BCUT2D eigenvalue weighted by atomic mass is 10.3. The van der Waals surface area contributed by atoms with Crippen LogP contribution in [0.4, 0.5) is 0 Å². The first-order valence-corrected chi connectivity index (χ1v) is 4.02. The van der Waals surface area contributed by atoms with E-state index in [0.717, 1.165) is 0 Å². The molecule has 0 aromatic carbocycles. The molecule has 0 N–H and O–H groups in total. The van der Waals surface area contributed by atoms with Crippen LogP contribution in [0, 0.1) is 5.92 Å². The Balaban J connectivity index is 3.03. The molecule has 0 amide bonds.